The number of carbonyl (C=O) groups excluding carboxylic acids is 1. The number of aryl methyl sites for hydroxylation is 1. The lowest BCUT2D eigenvalue weighted by molar-refractivity contribution is 0.111. The fourth-order valence-electron chi connectivity index (χ4n) is 1.19. The first-order valence-electron chi connectivity index (χ1n) is 3.98. The molecule has 0 unspecified atom stereocenters. The molecule has 2 rings (SSSR count). The first-order chi connectivity index (χ1) is 6.29. The van der Waals surface area contributed by atoms with Crippen molar-refractivity contribution in [2.45, 2.75) is 6.92 Å². The van der Waals surface area contributed by atoms with Crippen molar-refractivity contribution in [3.8, 4) is 0 Å². The first-order valence-corrected chi connectivity index (χ1v) is 3.98. The van der Waals surface area contributed by atoms with E-state index in [-0.39, 0.29) is 0 Å². The maximum absolute atomic E-state index is 10.4. The van der Waals surface area contributed by atoms with Crippen molar-refractivity contribution < 1.29 is 4.79 Å². The highest BCUT2D eigenvalue weighted by Gasteiger charge is 1.97. The van der Waals surface area contributed by atoms with Crippen LogP contribution < -0.4 is 0 Å². The normalized spacial score (nSPS) is 10.2. The predicted molar refractivity (Wildman–Crippen MR) is 49.7 cm³/mol. The second-order valence-corrected chi connectivity index (χ2v) is 2.90. The second kappa shape index (κ2) is 2.94. The van der Waals surface area contributed by atoms with Crippen LogP contribution in [0.15, 0.2) is 24.4 Å². The molecular formula is C10H8N2O. The summed E-state index contributed by atoms with van der Waals surface area (Å²) in [6, 6.07) is 5.76. The minimum atomic E-state index is 0.372. The average molecular weight is 172 g/mol. The van der Waals surface area contributed by atoms with E-state index in [1.807, 2.05) is 25.1 Å². The van der Waals surface area contributed by atoms with E-state index in [1.54, 1.807) is 0 Å². The van der Waals surface area contributed by atoms with E-state index >= 15 is 0 Å². The smallest absolute Gasteiger partial charge is 0.170 e. The Balaban J connectivity index is 2.73. The van der Waals surface area contributed by atoms with Crippen LogP contribution in [0.1, 0.15) is 16.1 Å². The number of hydrogen-bond acceptors (Lipinski definition) is 3. The molecule has 0 fully saturated rings. The lowest BCUT2D eigenvalue weighted by atomic mass is 10.2. The molecule has 0 aliphatic heterocycles. The van der Waals surface area contributed by atoms with E-state index in [4.69, 9.17) is 0 Å². The SMILES string of the molecule is Cc1ccc2nc(C=O)cnc2c1. The van der Waals surface area contributed by atoms with Crippen LogP contribution in [0.2, 0.25) is 0 Å². The maximum Gasteiger partial charge on any atom is 0.170 e. The number of benzene rings is 1. The van der Waals surface area contributed by atoms with Gasteiger partial charge in [0.05, 0.1) is 17.2 Å². The van der Waals surface area contributed by atoms with Gasteiger partial charge >= 0.3 is 0 Å². The summed E-state index contributed by atoms with van der Waals surface area (Å²) in [5.41, 5.74) is 3.10. The number of nitrogens with zero attached hydrogens (tertiary/aromatic N) is 2. The number of fused-ring (bicyclic) bond motifs is 1. The number of aldehydes is 1. The zero-order valence-corrected chi connectivity index (χ0v) is 7.19. The highest BCUT2D eigenvalue weighted by atomic mass is 16.1. The minimum Gasteiger partial charge on any atom is -0.296 e. The van der Waals surface area contributed by atoms with Crippen LogP contribution in [-0.2, 0) is 0 Å². The Hall–Kier alpha value is -1.77. The van der Waals surface area contributed by atoms with E-state index in [2.05, 4.69) is 9.97 Å². The summed E-state index contributed by atoms with van der Waals surface area (Å²) in [4.78, 5) is 18.6. The van der Waals surface area contributed by atoms with Gasteiger partial charge in [0.25, 0.3) is 0 Å². The Morgan fingerprint density at radius 2 is 2.15 bits per heavy atom. The van der Waals surface area contributed by atoms with Gasteiger partial charge in [-0.25, -0.2) is 4.98 Å². The van der Waals surface area contributed by atoms with Gasteiger partial charge in [-0.05, 0) is 24.6 Å². The predicted octanol–water partition coefficient (Wildman–Crippen LogP) is 1.75. The number of carbonyl (C=O) groups is 1. The molecule has 0 atom stereocenters. The van der Waals surface area contributed by atoms with Crippen molar-refractivity contribution in [1.29, 1.82) is 0 Å². The van der Waals surface area contributed by atoms with Gasteiger partial charge < -0.3 is 0 Å². The van der Waals surface area contributed by atoms with Gasteiger partial charge in [-0.15, -0.1) is 0 Å². The molecule has 0 saturated heterocycles. The summed E-state index contributed by atoms with van der Waals surface area (Å²) in [7, 11) is 0. The highest BCUT2D eigenvalue weighted by Crippen LogP contribution is 2.10. The monoisotopic (exact) mass is 172 g/mol. The summed E-state index contributed by atoms with van der Waals surface area (Å²) < 4.78 is 0. The number of rotatable bonds is 1. The summed E-state index contributed by atoms with van der Waals surface area (Å²) in [6.07, 6.45) is 2.18. The first kappa shape index (κ1) is 7.86. The molecular weight excluding hydrogens is 164 g/mol. The molecule has 1 aromatic heterocycles. The Bertz CT molecular complexity index is 465. The van der Waals surface area contributed by atoms with Gasteiger partial charge in [-0.3, -0.25) is 9.78 Å². The molecule has 3 heteroatoms. The molecule has 13 heavy (non-hydrogen) atoms. The average Bonchev–Trinajstić information content (AvgIpc) is 2.17. The summed E-state index contributed by atoms with van der Waals surface area (Å²) in [6.45, 7) is 1.99. The van der Waals surface area contributed by atoms with E-state index in [0.29, 0.717) is 12.0 Å². The zero-order valence-electron chi connectivity index (χ0n) is 7.19. The minimum absolute atomic E-state index is 0.372. The van der Waals surface area contributed by atoms with E-state index in [0.717, 1.165) is 16.6 Å². The van der Waals surface area contributed by atoms with Crippen molar-refractivity contribution >= 4 is 17.3 Å². The van der Waals surface area contributed by atoms with Crippen LogP contribution >= 0.6 is 0 Å². The van der Waals surface area contributed by atoms with Crippen LogP contribution in [0.3, 0.4) is 0 Å². The van der Waals surface area contributed by atoms with Crippen LogP contribution in [-0.4, -0.2) is 16.3 Å². The highest BCUT2D eigenvalue weighted by molar-refractivity contribution is 5.79. The van der Waals surface area contributed by atoms with Crippen molar-refractivity contribution in [1.82, 2.24) is 9.97 Å². The van der Waals surface area contributed by atoms with E-state index in [1.165, 1.54) is 6.20 Å². The van der Waals surface area contributed by atoms with Gasteiger partial charge in [0.15, 0.2) is 6.29 Å². The van der Waals surface area contributed by atoms with Crippen molar-refractivity contribution in [3.63, 3.8) is 0 Å². The fourth-order valence-corrected chi connectivity index (χ4v) is 1.19. The van der Waals surface area contributed by atoms with Gasteiger partial charge in [-0.2, -0.15) is 0 Å². The molecule has 1 aromatic carbocycles. The topological polar surface area (TPSA) is 42.9 Å². The molecule has 2 aromatic rings. The Morgan fingerprint density at radius 3 is 2.92 bits per heavy atom. The van der Waals surface area contributed by atoms with Crippen LogP contribution in [0.5, 0.6) is 0 Å². The Morgan fingerprint density at radius 1 is 1.31 bits per heavy atom. The lowest BCUT2D eigenvalue weighted by Crippen LogP contribution is -1.90. The molecule has 3 nitrogen and oxygen atoms in total. The van der Waals surface area contributed by atoms with Crippen molar-refractivity contribution in [3.05, 3.63) is 35.7 Å². The van der Waals surface area contributed by atoms with Gasteiger partial charge in [0, 0.05) is 0 Å². The van der Waals surface area contributed by atoms with E-state index < -0.39 is 0 Å². The Kier molecular flexibility index (Phi) is 1.77. The molecule has 0 N–H and O–H groups in total. The molecule has 0 spiro atoms. The molecule has 0 bridgehead atoms. The van der Waals surface area contributed by atoms with Crippen LogP contribution in [0.25, 0.3) is 11.0 Å². The van der Waals surface area contributed by atoms with E-state index in [9.17, 15) is 4.79 Å². The largest absolute Gasteiger partial charge is 0.296 e. The maximum atomic E-state index is 10.4. The summed E-state index contributed by atoms with van der Waals surface area (Å²) in [5, 5.41) is 0. The van der Waals surface area contributed by atoms with Crippen LogP contribution in [0, 0.1) is 6.92 Å². The third-order valence-corrected chi connectivity index (χ3v) is 1.84. The zero-order chi connectivity index (χ0) is 9.26. The van der Waals surface area contributed by atoms with Crippen LogP contribution in [0.4, 0.5) is 0 Å². The molecule has 1 heterocycles. The molecule has 0 saturated carbocycles. The number of hydrogen-bond donors (Lipinski definition) is 0. The fraction of sp³-hybridized carbons (Fsp3) is 0.100. The van der Waals surface area contributed by atoms with Gasteiger partial charge in [-0.1, -0.05) is 6.07 Å². The quantitative estimate of drug-likeness (QED) is 0.615. The van der Waals surface area contributed by atoms with Gasteiger partial charge in [0.2, 0.25) is 0 Å². The third-order valence-electron chi connectivity index (χ3n) is 1.84. The number of aromatic nitrogens is 2. The molecule has 0 aliphatic rings. The second-order valence-electron chi connectivity index (χ2n) is 2.90. The standard InChI is InChI=1S/C10H8N2O/c1-7-2-3-9-10(4-7)11-5-8(6-13)12-9/h2-6H,1H3. The summed E-state index contributed by atoms with van der Waals surface area (Å²) in [5.74, 6) is 0. The lowest BCUT2D eigenvalue weighted by Gasteiger charge is -1.97. The molecule has 0 radical (unpaired) electrons. The Labute approximate surface area is 75.4 Å². The van der Waals surface area contributed by atoms with Crippen molar-refractivity contribution in [2.24, 2.45) is 0 Å². The summed E-state index contributed by atoms with van der Waals surface area (Å²) >= 11 is 0. The molecule has 0 aliphatic carbocycles. The van der Waals surface area contributed by atoms with Gasteiger partial charge in [0.1, 0.15) is 5.69 Å². The molecule has 0 amide bonds. The third kappa shape index (κ3) is 1.40. The molecule has 64 valence electrons. The van der Waals surface area contributed by atoms with Crippen molar-refractivity contribution in [2.75, 3.05) is 0 Å².